The number of nitrogens with two attached hydrogens (primary N) is 1. The van der Waals surface area contributed by atoms with Gasteiger partial charge in [0.25, 0.3) is 5.92 Å². The summed E-state index contributed by atoms with van der Waals surface area (Å²) in [4.78, 5) is 12.8. The van der Waals surface area contributed by atoms with Crippen LogP contribution < -0.4 is 11.1 Å². The van der Waals surface area contributed by atoms with Crippen molar-refractivity contribution < 1.29 is 13.6 Å². The number of fused-ring (bicyclic) bond motifs is 1. The van der Waals surface area contributed by atoms with Crippen molar-refractivity contribution >= 4 is 5.91 Å². The third-order valence-corrected chi connectivity index (χ3v) is 3.99. The van der Waals surface area contributed by atoms with Crippen molar-refractivity contribution in [2.75, 3.05) is 19.6 Å². The molecule has 2 heterocycles. The molecule has 0 bridgehead atoms. The molecule has 1 aliphatic carbocycles. The first-order valence-electron chi connectivity index (χ1n) is 5.56. The Morgan fingerprint density at radius 2 is 2.12 bits per heavy atom. The number of halogens is 2. The van der Waals surface area contributed by atoms with Gasteiger partial charge >= 0.3 is 0 Å². The van der Waals surface area contributed by atoms with Crippen molar-refractivity contribution in [2.24, 2.45) is 11.1 Å². The molecule has 2 saturated heterocycles. The summed E-state index contributed by atoms with van der Waals surface area (Å²) >= 11 is 0. The van der Waals surface area contributed by atoms with Gasteiger partial charge in [0.1, 0.15) is 0 Å². The molecular weight excluding hydrogens is 216 g/mol. The standard InChI is InChI=1S/C10H15F2N3O/c11-10(12)4-15(5-10)3-9-1-6(8(13)16)14-7(9)2-9/h6-7,14H,1-5H2,(H2,13,16). The molecule has 3 rings (SSSR count). The molecule has 16 heavy (non-hydrogen) atoms. The molecule has 1 amide bonds. The van der Waals surface area contributed by atoms with Gasteiger partial charge in [-0.25, -0.2) is 8.78 Å². The lowest BCUT2D eigenvalue weighted by Crippen LogP contribution is -2.57. The zero-order valence-electron chi connectivity index (χ0n) is 8.88. The molecule has 0 aromatic carbocycles. The van der Waals surface area contributed by atoms with Crippen LogP contribution in [0.15, 0.2) is 0 Å². The van der Waals surface area contributed by atoms with Gasteiger partial charge in [-0.3, -0.25) is 9.69 Å². The lowest BCUT2D eigenvalue weighted by atomic mass is 9.96. The molecule has 2 aliphatic heterocycles. The van der Waals surface area contributed by atoms with E-state index in [2.05, 4.69) is 5.32 Å². The minimum Gasteiger partial charge on any atom is -0.368 e. The molecule has 0 aromatic heterocycles. The number of nitrogens with zero attached hydrogens (tertiary/aromatic N) is 1. The first-order valence-corrected chi connectivity index (χ1v) is 5.56. The second-order valence-corrected chi connectivity index (χ2v) is 5.45. The third kappa shape index (κ3) is 1.51. The molecule has 3 N–H and O–H groups in total. The van der Waals surface area contributed by atoms with Crippen molar-refractivity contribution in [3.63, 3.8) is 0 Å². The Labute approximate surface area is 92.1 Å². The summed E-state index contributed by atoms with van der Waals surface area (Å²) in [6.45, 7) is 0.398. The van der Waals surface area contributed by atoms with Crippen LogP contribution in [0.5, 0.6) is 0 Å². The van der Waals surface area contributed by atoms with E-state index in [0.717, 1.165) is 6.42 Å². The number of hydrogen-bond acceptors (Lipinski definition) is 3. The number of piperidine rings is 1. The fraction of sp³-hybridized carbons (Fsp3) is 0.900. The Hall–Kier alpha value is -0.750. The minimum absolute atomic E-state index is 0.0379. The van der Waals surface area contributed by atoms with E-state index in [1.807, 2.05) is 0 Å². The summed E-state index contributed by atoms with van der Waals surface area (Å²) in [6, 6.07) is 0.0414. The third-order valence-electron chi connectivity index (χ3n) is 3.99. The number of alkyl halides is 2. The molecule has 3 fully saturated rings. The zero-order valence-corrected chi connectivity index (χ0v) is 8.88. The number of primary amides is 1. The summed E-state index contributed by atoms with van der Waals surface area (Å²) in [5.74, 6) is -2.84. The topological polar surface area (TPSA) is 58.4 Å². The zero-order chi connectivity index (χ0) is 11.6. The fourth-order valence-electron chi connectivity index (χ4n) is 3.10. The Balaban J connectivity index is 1.56. The molecule has 4 nitrogen and oxygen atoms in total. The summed E-state index contributed by atoms with van der Waals surface area (Å²) in [5.41, 5.74) is 5.26. The number of carbonyl (C=O) groups excluding carboxylic acids is 1. The molecular formula is C10H15F2N3O. The number of carbonyl (C=O) groups is 1. The molecule has 6 heteroatoms. The number of hydrogen-bond donors (Lipinski definition) is 2. The van der Waals surface area contributed by atoms with Crippen LogP contribution >= 0.6 is 0 Å². The van der Waals surface area contributed by atoms with Crippen LogP contribution in [-0.4, -0.2) is 48.4 Å². The molecule has 0 aromatic rings. The van der Waals surface area contributed by atoms with Crippen molar-refractivity contribution in [3.8, 4) is 0 Å². The second kappa shape index (κ2) is 2.92. The van der Waals surface area contributed by atoms with Crippen molar-refractivity contribution in [1.82, 2.24) is 10.2 Å². The molecule has 3 unspecified atom stereocenters. The molecule has 0 radical (unpaired) electrons. The van der Waals surface area contributed by atoms with E-state index in [9.17, 15) is 13.6 Å². The highest BCUT2D eigenvalue weighted by atomic mass is 19.3. The number of likely N-dealkylation sites (tertiary alicyclic amines) is 1. The average Bonchev–Trinajstić information content (AvgIpc) is 2.64. The first-order chi connectivity index (χ1) is 7.40. The fourth-order valence-corrected chi connectivity index (χ4v) is 3.10. The van der Waals surface area contributed by atoms with Crippen molar-refractivity contribution in [1.29, 1.82) is 0 Å². The van der Waals surface area contributed by atoms with E-state index >= 15 is 0 Å². The quantitative estimate of drug-likeness (QED) is 0.691. The molecule has 1 saturated carbocycles. The van der Waals surface area contributed by atoms with Gasteiger partial charge in [0, 0.05) is 18.0 Å². The highest BCUT2D eigenvalue weighted by molar-refractivity contribution is 5.80. The largest absolute Gasteiger partial charge is 0.368 e. The molecule has 3 aliphatic rings. The monoisotopic (exact) mass is 231 g/mol. The number of rotatable bonds is 3. The lowest BCUT2D eigenvalue weighted by Gasteiger charge is -2.40. The van der Waals surface area contributed by atoms with Gasteiger partial charge in [-0.1, -0.05) is 0 Å². The maximum absolute atomic E-state index is 12.7. The van der Waals surface area contributed by atoms with Crippen LogP contribution in [0.1, 0.15) is 12.8 Å². The average molecular weight is 231 g/mol. The number of amides is 1. The summed E-state index contributed by atoms with van der Waals surface area (Å²) in [7, 11) is 0. The van der Waals surface area contributed by atoms with Gasteiger partial charge in [-0.15, -0.1) is 0 Å². The maximum atomic E-state index is 12.7. The van der Waals surface area contributed by atoms with Crippen LogP contribution in [0.3, 0.4) is 0 Å². The Bertz CT molecular complexity index is 341. The van der Waals surface area contributed by atoms with Crippen LogP contribution in [0.25, 0.3) is 0 Å². The normalized spacial score (nSPS) is 44.9. The Morgan fingerprint density at radius 3 is 2.62 bits per heavy atom. The maximum Gasteiger partial charge on any atom is 0.272 e. The van der Waals surface area contributed by atoms with Gasteiger partial charge in [0.15, 0.2) is 0 Å². The smallest absolute Gasteiger partial charge is 0.272 e. The predicted molar refractivity (Wildman–Crippen MR) is 53.0 cm³/mol. The lowest BCUT2D eigenvalue weighted by molar-refractivity contribution is -0.136. The van der Waals surface area contributed by atoms with Gasteiger partial charge < -0.3 is 11.1 Å². The minimum atomic E-state index is -2.50. The van der Waals surface area contributed by atoms with E-state index in [0.29, 0.717) is 19.0 Å². The summed E-state index contributed by atoms with van der Waals surface area (Å²) < 4.78 is 25.3. The van der Waals surface area contributed by atoms with Crippen LogP contribution in [0.4, 0.5) is 8.78 Å². The van der Waals surface area contributed by atoms with E-state index in [-0.39, 0.29) is 30.5 Å². The summed E-state index contributed by atoms with van der Waals surface area (Å²) in [5, 5.41) is 3.15. The molecule has 0 spiro atoms. The SMILES string of the molecule is NC(=O)C1CC2(CN3CC(F)(F)C3)CC2N1. The first kappa shape index (κ1) is 10.4. The van der Waals surface area contributed by atoms with Gasteiger partial charge in [0.05, 0.1) is 19.1 Å². The van der Waals surface area contributed by atoms with Crippen LogP contribution in [0, 0.1) is 5.41 Å². The number of nitrogens with one attached hydrogen (secondary N) is 1. The van der Waals surface area contributed by atoms with Crippen LogP contribution in [-0.2, 0) is 4.79 Å². The highest BCUT2D eigenvalue weighted by Crippen LogP contribution is 2.55. The van der Waals surface area contributed by atoms with Crippen LogP contribution in [0.2, 0.25) is 0 Å². The van der Waals surface area contributed by atoms with Gasteiger partial charge in [0.2, 0.25) is 5.91 Å². The van der Waals surface area contributed by atoms with Gasteiger partial charge in [-0.05, 0) is 12.8 Å². The Kier molecular flexibility index (Phi) is 1.90. The predicted octanol–water partition coefficient (Wildman–Crippen LogP) is -0.457. The Morgan fingerprint density at radius 1 is 1.44 bits per heavy atom. The highest BCUT2D eigenvalue weighted by Gasteiger charge is 2.63. The van der Waals surface area contributed by atoms with Crippen molar-refractivity contribution in [2.45, 2.75) is 30.8 Å². The molecule has 3 atom stereocenters. The van der Waals surface area contributed by atoms with E-state index in [1.165, 1.54) is 0 Å². The summed E-state index contributed by atoms with van der Waals surface area (Å²) in [6.07, 6.45) is 1.69. The van der Waals surface area contributed by atoms with E-state index < -0.39 is 5.92 Å². The second-order valence-electron chi connectivity index (χ2n) is 5.45. The van der Waals surface area contributed by atoms with E-state index in [1.54, 1.807) is 4.90 Å². The van der Waals surface area contributed by atoms with E-state index in [4.69, 9.17) is 5.73 Å². The van der Waals surface area contributed by atoms with Crippen molar-refractivity contribution in [3.05, 3.63) is 0 Å². The molecule has 90 valence electrons. The van der Waals surface area contributed by atoms with Gasteiger partial charge in [-0.2, -0.15) is 0 Å².